The number of rotatable bonds is 7. The largest absolute Gasteiger partial charge is 0.395 e. The zero-order valence-corrected chi connectivity index (χ0v) is 12.4. The molecule has 1 aromatic rings. The Morgan fingerprint density at radius 2 is 1.85 bits per heavy atom. The number of morpholine rings is 1. The predicted molar refractivity (Wildman–Crippen MR) is 82.1 cm³/mol. The third-order valence-corrected chi connectivity index (χ3v) is 3.67. The lowest BCUT2D eigenvalue weighted by atomic mass is 10.1. The van der Waals surface area contributed by atoms with Gasteiger partial charge in [-0.2, -0.15) is 0 Å². The molecule has 4 nitrogen and oxygen atoms in total. The minimum Gasteiger partial charge on any atom is -0.395 e. The molecule has 0 aliphatic carbocycles. The van der Waals surface area contributed by atoms with Crippen LogP contribution in [0.4, 0.5) is 5.69 Å². The van der Waals surface area contributed by atoms with Crippen LogP contribution < -0.4 is 4.90 Å². The van der Waals surface area contributed by atoms with Crippen LogP contribution in [0.2, 0.25) is 0 Å². The molecule has 0 radical (unpaired) electrons. The fourth-order valence-electron chi connectivity index (χ4n) is 2.62. The van der Waals surface area contributed by atoms with Gasteiger partial charge in [-0.05, 0) is 30.7 Å². The number of hydrogen-bond acceptors (Lipinski definition) is 4. The van der Waals surface area contributed by atoms with Gasteiger partial charge in [0.05, 0.1) is 19.8 Å². The maximum atomic E-state index is 9.10. The summed E-state index contributed by atoms with van der Waals surface area (Å²) in [6, 6.07) is 8.79. The summed E-state index contributed by atoms with van der Waals surface area (Å²) in [6.07, 6.45) is 1.12. The number of benzene rings is 1. The van der Waals surface area contributed by atoms with Crippen LogP contribution >= 0.6 is 0 Å². The minimum atomic E-state index is 0.228. The molecule has 1 N–H and O–H groups in total. The third-order valence-electron chi connectivity index (χ3n) is 3.67. The molecule has 0 saturated carbocycles. The SMILES string of the molecule is CCCN(CCO)Cc1ccc(N2CCOCC2)cc1. The number of nitrogens with zero attached hydrogens (tertiary/aromatic N) is 2. The van der Waals surface area contributed by atoms with Crippen molar-refractivity contribution in [2.45, 2.75) is 19.9 Å². The Balaban J connectivity index is 1.92. The van der Waals surface area contributed by atoms with E-state index in [2.05, 4.69) is 41.0 Å². The van der Waals surface area contributed by atoms with Crippen molar-refractivity contribution in [3.63, 3.8) is 0 Å². The second-order valence-corrected chi connectivity index (χ2v) is 5.27. The zero-order chi connectivity index (χ0) is 14.2. The Morgan fingerprint density at radius 3 is 2.45 bits per heavy atom. The van der Waals surface area contributed by atoms with Gasteiger partial charge in [0, 0.05) is 31.9 Å². The maximum Gasteiger partial charge on any atom is 0.0642 e. The normalized spacial score (nSPS) is 15.8. The van der Waals surface area contributed by atoms with Gasteiger partial charge in [-0.15, -0.1) is 0 Å². The number of hydrogen-bond donors (Lipinski definition) is 1. The van der Waals surface area contributed by atoms with E-state index < -0.39 is 0 Å². The minimum absolute atomic E-state index is 0.228. The fraction of sp³-hybridized carbons (Fsp3) is 0.625. The van der Waals surface area contributed by atoms with Crippen molar-refractivity contribution in [2.24, 2.45) is 0 Å². The quantitative estimate of drug-likeness (QED) is 0.824. The van der Waals surface area contributed by atoms with Crippen molar-refractivity contribution in [3.05, 3.63) is 29.8 Å². The summed E-state index contributed by atoms with van der Waals surface area (Å²) >= 11 is 0. The van der Waals surface area contributed by atoms with Crippen LogP contribution in [0.15, 0.2) is 24.3 Å². The molecule has 1 aromatic carbocycles. The second-order valence-electron chi connectivity index (χ2n) is 5.27. The van der Waals surface area contributed by atoms with E-state index in [9.17, 15) is 0 Å². The van der Waals surface area contributed by atoms with Gasteiger partial charge in [-0.3, -0.25) is 4.90 Å². The van der Waals surface area contributed by atoms with Crippen LogP contribution in [0.1, 0.15) is 18.9 Å². The molecular weight excluding hydrogens is 252 g/mol. The molecule has 0 amide bonds. The van der Waals surface area contributed by atoms with Crippen LogP contribution in [0.3, 0.4) is 0 Å². The Labute approximate surface area is 122 Å². The van der Waals surface area contributed by atoms with E-state index in [1.54, 1.807) is 0 Å². The Morgan fingerprint density at radius 1 is 1.15 bits per heavy atom. The Kier molecular flexibility index (Phi) is 6.30. The van der Waals surface area contributed by atoms with Crippen LogP contribution in [-0.2, 0) is 11.3 Å². The van der Waals surface area contributed by atoms with Crippen molar-refractivity contribution in [1.82, 2.24) is 4.90 Å². The lowest BCUT2D eigenvalue weighted by molar-refractivity contribution is 0.122. The van der Waals surface area contributed by atoms with Gasteiger partial charge in [0.25, 0.3) is 0 Å². The maximum absolute atomic E-state index is 9.10. The first-order valence-corrected chi connectivity index (χ1v) is 7.58. The molecule has 1 aliphatic rings. The van der Waals surface area contributed by atoms with E-state index in [-0.39, 0.29) is 6.61 Å². The second kappa shape index (κ2) is 8.25. The predicted octanol–water partition coefficient (Wildman–Crippen LogP) is 1.73. The molecule has 0 atom stereocenters. The van der Waals surface area contributed by atoms with Crippen molar-refractivity contribution in [1.29, 1.82) is 0 Å². The van der Waals surface area contributed by atoms with Gasteiger partial charge in [0.2, 0.25) is 0 Å². The van der Waals surface area contributed by atoms with E-state index >= 15 is 0 Å². The lowest BCUT2D eigenvalue weighted by Crippen LogP contribution is -2.36. The summed E-state index contributed by atoms with van der Waals surface area (Å²) in [6.45, 7) is 8.70. The van der Waals surface area contributed by atoms with Crippen LogP contribution in [-0.4, -0.2) is 56.0 Å². The molecule has 2 rings (SSSR count). The molecule has 0 bridgehead atoms. The average Bonchev–Trinajstić information content (AvgIpc) is 2.49. The van der Waals surface area contributed by atoms with Crippen molar-refractivity contribution in [2.75, 3.05) is 50.9 Å². The fourth-order valence-corrected chi connectivity index (χ4v) is 2.62. The summed E-state index contributed by atoms with van der Waals surface area (Å²) in [7, 11) is 0. The van der Waals surface area contributed by atoms with Crippen LogP contribution in [0.5, 0.6) is 0 Å². The highest BCUT2D eigenvalue weighted by atomic mass is 16.5. The molecule has 1 heterocycles. The van der Waals surface area contributed by atoms with E-state index in [0.717, 1.165) is 52.4 Å². The summed E-state index contributed by atoms with van der Waals surface area (Å²) in [4.78, 5) is 4.66. The van der Waals surface area contributed by atoms with E-state index in [1.165, 1.54) is 11.3 Å². The smallest absolute Gasteiger partial charge is 0.0642 e. The Hall–Kier alpha value is -1.10. The summed E-state index contributed by atoms with van der Waals surface area (Å²) < 4.78 is 5.38. The molecule has 0 unspecified atom stereocenters. The van der Waals surface area contributed by atoms with Gasteiger partial charge in [-0.25, -0.2) is 0 Å². The zero-order valence-electron chi connectivity index (χ0n) is 12.4. The lowest BCUT2D eigenvalue weighted by Gasteiger charge is -2.29. The molecule has 1 saturated heterocycles. The van der Waals surface area contributed by atoms with E-state index in [1.807, 2.05) is 0 Å². The summed E-state index contributed by atoms with van der Waals surface area (Å²) in [5.74, 6) is 0. The van der Waals surface area contributed by atoms with Gasteiger partial charge < -0.3 is 14.7 Å². The first kappa shape index (κ1) is 15.3. The molecule has 1 fully saturated rings. The molecule has 1 aliphatic heterocycles. The van der Waals surface area contributed by atoms with Gasteiger partial charge in [0.1, 0.15) is 0 Å². The van der Waals surface area contributed by atoms with Crippen molar-refractivity contribution >= 4 is 5.69 Å². The van der Waals surface area contributed by atoms with Gasteiger partial charge in [-0.1, -0.05) is 19.1 Å². The van der Waals surface area contributed by atoms with E-state index in [0.29, 0.717) is 0 Å². The van der Waals surface area contributed by atoms with E-state index in [4.69, 9.17) is 9.84 Å². The number of ether oxygens (including phenoxy) is 1. The monoisotopic (exact) mass is 278 g/mol. The highest BCUT2D eigenvalue weighted by Gasteiger charge is 2.11. The Bertz CT molecular complexity index is 369. The molecule has 0 aromatic heterocycles. The van der Waals surface area contributed by atoms with Crippen LogP contribution in [0.25, 0.3) is 0 Å². The van der Waals surface area contributed by atoms with Gasteiger partial charge in [0.15, 0.2) is 0 Å². The van der Waals surface area contributed by atoms with Crippen LogP contribution in [0, 0.1) is 0 Å². The average molecular weight is 278 g/mol. The number of aliphatic hydroxyl groups is 1. The summed E-state index contributed by atoms with van der Waals surface area (Å²) in [5.41, 5.74) is 2.59. The molecule has 0 spiro atoms. The molecule has 20 heavy (non-hydrogen) atoms. The number of aliphatic hydroxyl groups excluding tert-OH is 1. The van der Waals surface area contributed by atoms with Crippen molar-refractivity contribution < 1.29 is 9.84 Å². The standard InChI is InChI=1S/C16H26N2O2/c1-2-7-17(8-11-19)14-15-3-5-16(6-4-15)18-9-12-20-13-10-18/h3-6,19H,2,7-14H2,1H3. The first-order valence-electron chi connectivity index (χ1n) is 7.58. The third kappa shape index (κ3) is 4.47. The highest BCUT2D eigenvalue weighted by molar-refractivity contribution is 5.47. The molecule has 4 heteroatoms. The summed E-state index contributed by atoms with van der Waals surface area (Å²) in [5, 5.41) is 9.10. The molecular formula is C16H26N2O2. The first-order chi connectivity index (χ1) is 9.83. The highest BCUT2D eigenvalue weighted by Crippen LogP contribution is 2.17. The number of anilines is 1. The van der Waals surface area contributed by atoms with Crippen molar-refractivity contribution in [3.8, 4) is 0 Å². The topological polar surface area (TPSA) is 35.9 Å². The van der Waals surface area contributed by atoms with Gasteiger partial charge >= 0.3 is 0 Å². The molecule has 112 valence electrons.